The molecule has 7 rings (SSSR count). The number of aromatic amines is 1. The van der Waals surface area contributed by atoms with Crippen molar-refractivity contribution < 1.29 is 40.6 Å². The number of nitrogens with zero attached hydrogens (tertiary/aromatic N) is 4. The second-order valence-corrected chi connectivity index (χ2v) is 13.7. The van der Waals surface area contributed by atoms with Crippen LogP contribution in [0.4, 0.5) is 36.6 Å². The fraction of sp³-hybridized carbons (Fsp3) is 0.314. The van der Waals surface area contributed by atoms with Crippen LogP contribution in [0.2, 0.25) is 5.02 Å². The zero-order valence-electron chi connectivity index (χ0n) is 27.1. The summed E-state index contributed by atoms with van der Waals surface area (Å²) < 4.78 is 102. The van der Waals surface area contributed by atoms with Gasteiger partial charge >= 0.3 is 6.18 Å². The molecule has 1 amide bonds. The second kappa shape index (κ2) is 12.2. The molecule has 2 aliphatic carbocycles. The summed E-state index contributed by atoms with van der Waals surface area (Å²) in [6.07, 6.45) is -5.52. The number of H-pyrrole nitrogens is 1. The SMILES string of the molecule is CC(C)(O)C#Cc1ccc(-c2ccc(Cl)c3c(N)n[nH]c23)c([C@H](Cc2cc(F)cc(F)c2)NC(=O)Cn2nc(C(F)(F)F)c3c2C(F)(F)[C@@H]2C[C@H]32)n1. The van der Waals surface area contributed by atoms with E-state index in [0.717, 1.165) is 12.1 Å². The van der Waals surface area contributed by atoms with Crippen LogP contribution in [-0.4, -0.2) is 41.6 Å². The minimum Gasteiger partial charge on any atom is -0.382 e. The normalized spacial score (nSPS) is 18.1. The van der Waals surface area contributed by atoms with Crippen LogP contribution in [-0.2, 0) is 29.9 Å². The number of fused-ring (bicyclic) bond motifs is 4. The Morgan fingerprint density at radius 1 is 1.15 bits per heavy atom. The number of alkyl halides is 5. The number of amides is 1. The highest BCUT2D eigenvalue weighted by Gasteiger charge is 2.68. The molecule has 3 aromatic heterocycles. The molecule has 0 saturated heterocycles. The average molecular weight is 746 g/mol. The molecule has 3 atom stereocenters. The Kier molecular flexibility index (Phi) is 8.30. The van der Waals surface area contributed by atoms with Crippen molar-refractivity contribution >= 4 is 34.2 Å². The molecule has 9 nitrogen and oxygen atoms in total. The van der Waals surface area contributed by atoms with Gasteiger partial charge in [0.15, 0.2) is 11.5 Å². The number of aliphatic hydroxyl groups is 1. The first kappa shape index (κ1) is 35.3. The molecule has 0 unspecified atom stereocenters. The first-order chi connectivity index (χ1) is 24.3. The van der Waals surface area contributed by atoms with E-state index in [4.69, 9.17) is 17.3 Å². The summed E-state index contributed by atoms with van der Waals surface area (Å²) in [5.41, 5.74) is 2.82. The Morgan fingerprint density at radius 3 is 2.52 bits per heavy atom. The number of anilines is 1. The fourth-order valence-corrected chi connectivity index (χ4v) is 7.00. The van der Waals surface area contributed by atoms with Crippen molar-refractivity contribution in [1.29, 1.82) is 0 Å². The van der Waals surface area contributed by atoms with Crippen molar-refractivity contribution in [2.75, 3.05) is 5.73 Å². The number of rotatable bonds is 7. The van der Waals surface area contributed by atoms with Gasteiger partial charge in [0.1, 0.15) is 35.2 Å². The highest BCUT2D eigenvalue weighted by molar-refractivity contribution is 6.37. The molecule has 0 radical (unpaired) electrons. The molecule has 0 aliphatic heterocycles. The molecule has 1 fully saturated rings. The fourth-order valence-electron chi connectivity index (χ4n) is 6.74. The van der Waals surface area contributed by atoms with E-state index < -0.39 is 76.6 Å². The monoisotopic (exact) mass is 745 g/mol. The van der Waals surface area contributed by atoms with Gasteiger partial charge in [-0.05, 0) is 74.4 Å². The maximum absolute atomic E-state index is 15.3. The quantitative estimate of drug-likeness (QED) is 0.107. The molecule has 5 aromatic rings. The van der Waals surface area contributed by atoms with Gasteiger partial charge in [-0.1, -0.05) is 23.6 Å². The van der Waals surface area contributed by atoms with Crippen molar-refractivity contribution in [3.63, 3.8) is 0 Å². The lowest BCUT2D eigenvalue weighted by Gasteiger charge is -2.23. The van der Waals surface area contributed by atoms with Crippen LogP contribution in [0.25, 0.3) is 22.0 Å². The smallest absolute Gasteiger partial charge is 0.382 e. The average Bonchev–Trinajstić information content (AvgIpc) is 3.52. The number of nitrogens with two attached hydrogens (primary N) is 1. The summed E-state index contributed by atoms with van der Waals surface area (Å²) >= 11 is 6.40. The third kappa shape index (κ3) is 6.43. The molecule has 1 saturated carbocycles. The van der Waals surface area contributed by atoms with Crippen LogP contribution >= 0.6 is 11.6 Å². The molecule has 0 spiro atoms. The highest BCUT2D eigenvalue weighted by Crippen LogP contribution is 2.68. The van der Waals surface area contributed by atoms with Crippen LogP contribution < -0.4 is 11.1 Å². The van der Waals surface area contributed by atoms with Gasteiger partial charge in [-0.3, -0.25) is 14.6 Å². The van der Waals surface area contributed by atoms with E-state index in [1.807, 2.05) is 0 Å². The lowest BCUT2D eigenvalue weighted by molar-refractivity contribution is -0.142. The lowest BCUT2D eigenvalue weighted by atomic mass is 9.93. The van der Waals surface area contributed by atoms with Gasteiger partial charge in [0.25, 0.3) is 5.92 Å². The standard InChI is InChI=1S/C35H27ClF7N7O2/c1-33(2,52)8-7-18-3-4-19(20-5-6-23(36)27-29(20)47-48-32(27)44)28(45-18)24(11-15-9-16(37)12-17(38)10-15)46-25(51)14-50-31-26(30(49-50)35(41,42)43)21-13-22(21)34(31,39)40/h3-6,9-10,12,21-22,24,52H,11,13-14H2,1-2H3,(H,46,51)(H3,44,47,48)/t21-,22+,24-/m0/s1. The van der Waals surface area contributed by atoms with Gasteiger partial charge in [-0.25, -0.2) is 13.8 Å². The Morgan fingerprint density at radius 2 is 1.85 bits per heavy atom. The summed E-state index contributed by atoms with van der Waals surface area (Å²) in [6.45, 7) is 1.83. The van der Waals surface area contributed by atoms with Crippen LogP contribution in [0.3, 0.4) is 0 Å². The molecule has 2 aliphatic rings. The molecule has 270 valence electrons. The molecule has 5 N–H and O–H groups in total. The third-order valence-corrected chi connectivity index (χ3v) is 9.25. The molecule has 0 bridgehead atoms. The zero-order valence-corrected chi connectivity index (χ0v) is 27.9. The second-order valence-electron chi connectivity index (χ2n) is 13.3. The van der Waals surface area contributed by atoms with E-state index in [1.54, 1.807) is 12.1 Å². The molecule has 52 heavy (non-hydrogen) atoms. The number of benzene rings is 2. The lowest BCUT2D eigenvalue weighted by Crippen LogP contribution is -2.35. The van der Waals surface area contributed by atoms with Crippen molar-refractivity contribution in [3.8, 4) is 23.0 Å². The van der Waals surface area contributed by atoms with Gasteiger partial charge in [0.2, 0.25) is 5.91 Å². The third-order valence-electron chi connectivity index (χ3n) is 8.93. The molecular weight excluding hydrogens is 719 g/mol. The summed E-state index contributed by atoms with van der Waals surface area (Å²) in [5, 5.41) is 23.7. The number of aromatic nitrogens is 5. The number of pyridine rings is 1. The predicted octanol–water partition coefficient (Wildman–Crippen LogP) is 6.79. The summed E-state index contributed by atoms with van der Waals surface area (Å²) in [5.74, 6) is -3.48. The van der Waals surface area contributed by atoms with Crippen molar-refractivity contribution in [1.82, 2.24) is 30.3 Å². The Hall–Kier alpha value is -5.14. The largest absolute Gasteiger partial charge is 0.435 e. The van der Waals surface area contributed by atoms with E-state index in [0.29, 0.717) is 32.8 Å². The van der Waals surface area contributed by atoms with Gasteiger partial charge in [-0.2, -0.15) is 32.1 Å². The van der Waals surface area contributed by atoms with Gasteiger partial charge < -0.3 is 16.2 Å². The van der Waals surface area contributed by atoms with E-state index in [2.05, 4.69) is 37.4 Å². The van der Waals surface area contributed by atoms with E-state index >= 15 is 8.78 Å². The van der Waals surface area contributed by atoms with Gasteiger partial charge in [0, 0.05) is 28.7 Å². The maximum Gasteiger partial charge on any atom is 0.435 e. The predicted molar refractivity (Wildman–Crippen MR) is 175 cm³/mol. The minimum absolute atomic E-state index is 0.0431. The first-order valence-electron chi connectivity index (χ1n) is 15.8. The number of nitrogen functional groups attached to an aromatic ring is 1. The molecule has 3 heterocycles. The van der Waals surface area contributed by atoms with Crippen molar-refractivity contribution in [3.05, 3.63) is 93.0 Å². The Bertz CT molecular complexity index is 2320. The number of hydrogen-bond acceptors (Lipinski definition) is 6. The Balaban J connectivity index is 1.36. The minimum atomic E-state index is -5.05. The molecular formula is C35H27ClF7N7O2. The van der Waals surface area contributed by atoms with E-state index in [1.165, 1.54) is 26.0 Å². The number of hydrogen-bond donors (Lipinski definition) is 4. The first-order valence-corrected chi connectivity index (χ1v) is 16.2. The summed E-state index contributed by atoms with van der Waals surface area (Å²) in [7, 11) is 0. The summed E-state index contributed by atoms with van der Waals surface area (Å²) in [4.78, 5) is 18.4. The van der Waals surface area contributed by atoms with E-state index in [-0.39, 0.29) is 40.6 Å². The number of carbonyl (C=O) groups excluding carboxylic acids is 1. The van der Waals surface area contributed by atoms with Crippen LogP contribution in [0, 0.1) is 29.4 Å². The zero-order chi connectivity index (χ0) is 37.5. The summed E-state index contributed by atoms with van der Waals surface area (Å²) in [6, 6.07) is 7.58. The number of carbonyl (C=O) groups is 1. The Labute approximate surface area is 295 Å². The van der Waals surface area contributed by atoms with E-state index in [9.17, 15) is 31.9 Å². The number of halogens is 8. The van der Waals surface area contributed by atoms with Gasteiger partial charge in [0.05, 0.1) is 27.7 Å². The highest BCUT2D eigenvalue weighted by atomic mass is 35.5. The topological polar surface area (TPSA) is 135 Å². The maximum atomic E-state index is 15.3. The molecule has 2 aromatic carbocycles. The van der Waals surface area contributed by atoms with Gasteiger partial charge in [-0.15, -0.1) is 0 Å². The van der Waals surface area contributed by atoms with Crippen LogP contribution in [0.15, 0.2) is 42.5 Å². The molecule has 17 heteroatoms. The van der Waals surface area contributed by atoms with Crippen LogP contribution in [0.5, 0.6) is 0 Å². The van der Waals surface area contributed by atoms with Crippen molar-refractivity contribution in [2.45, 2.75) is 62.9 Å². The van der Waals surface area contributed by atoms with Crippen molar-refractivity contribution in [2.24, 2.45) is 5.92 Å². The van der Waals surface area contributed by atoms with Crippen LogP contribution in [0.1, 0.15) is 66.1 Å². The number of nitrogens with one attached hydrogen (secondary N) is 2.